The number of halogens is 2. The SMILES string of the molecule is CC[C@@H](C)NC(=O)[C@H](C)N(Cc1cccc(Br)c1)C(=O)CN(c1cccc(Br)c1)S(=O)(=O)c1ccccc1. The van der Waals surface area contributed by atoms with Gasteiger partial charge in [-0.3, -0.25) is 13.9 Å². The number of carbonyl (C=O) groups excluding carboxylic acids is 2. The molecular weight excluding hydrogens is 634 g/mol. The zero-order valence-electron chi connectivity index (χ0n) is 21.5. The Bertz CT molecular complexity index is 1370. The van der Waals surface area contributed by atoms with Gasteiger partial charge in [0.1, 0.15) is 12.6 Å². The van der Waals surface area contributed by atoms with E-state index in [9.17, 15) is 18.0 Å². The van der Waals surface area contributed by atoms with E-state index in [0.29, 0.717) is 10.2 Å². The summed E-state index contributed by atoms with van der Waals surface area (Å²) in [6.07, 6.45) is 0.740. The van der Waals surface area contributed by atoms with Gasteiger partial charge in [0.05, 0.1) is 10.6 Å². The summed E-state index contributed by atoms with van der Waals surface area (Å²) in [6, 6.07) is 21.3. The maximum Gasteiger partial charge on any atom is 0.264 e. The smallest absolute Gasteiger partial charge is 0.264 e. The lowest BCUT2D eigenvalue weighted by atomic mass is 10.1. The van der Waals surface area contributed by atoms with Crippen LogP contribution in [0.2, 0.25) is 0 Å². The highest BCUT2D eigenvalue weighted by Crippen LogP contribution is 2.27. The van der Waals surface area contributed by atoms with Crippen LogP contribution in [0.1, 0.15) is 32.8 Å². The van der Waals surface area contributed by atoms with Crippen LogP contribution in [0.3, 0.4) is 0 Å². The molecule has 1 N–H and O–H groups in total. The first-order chi connectivity index (χ1) is 18.0. The maximum atomic E-state index is 13.9. The van der Waals surface area contributed by atoms with Crippen LogP contribution in [0.4, 0.5) is 5.69 Å². The summed E-state index contributed by atoms with van der Waals surface area (Å²) in [4.78, 5) is 28.5. The van der Waals surface area contributed by atoms with Gasteiger partial charge in [-0.25, -0.2) is 8.42 Å². The number of nitrogens with zero attached hydrogens (tertiary/aromatic N) is 2. The molecule has 0 aliphatic heterocycles. The van der Waals surface area contributed by atoms with Crippen molar-refractivity contribution in [2.45, 2.75) is 50.7 Å². The largest absolute Gasteiger partial charge is 0.352 e. The summed E-state index contributed by atoms with van der Waals surface area (Å²) in [7, 11) is -4.09. The fraction of sp³-hybridized carbons (Fsp3) is 0.286. The third kappa shape index (κ3) is 7.68. The molecule has 2 atom stereocenters. The summed E-state index contributed by atoms with van der Waals surface area (Å²) in [5.74, 6) is -0.807. The van der Waals surface area contributed by atoms with E-state index < -0.39 is 28.5 Å². The summed E-state index contributed by atoms with van der Waals surface area (Å²) in [6.45, 7) is 5.16. The number of nitrogens with one attached hydrogen (secondary N) is 1. The molecule has 2 amide bonds. The zero-order chi connectivity index (χ0) is 27.9. The molecule has 3 aromatic rings. The highest BCUT2D eigenvalue weighted by atomic mass is 79.9. The molecule has 3 rings (SSSR count). The van der Waals surface area contributed by atoms with Crippen molar-refractivity contribution in [3.8, 4) is 0 Å². The Morgan fingerprint density at radius 2 is 1.53 bits per heavy atom. The molecule has 3 aromatic carbocycles. The maximum absolute atomic E-state index is 13.9. The van der Waals surface area contributed by atoms with Crippen molar-refractivity contribution in [2.75, 3.05) is 10.8 Å². The van der Waals surface area contributed by atoms with Crippen molar-refractivity contribution in [3.63, 3.8) is 0 Å². The first-order valence-electron chi connectivity index (χ1n) is 12.2. The molecule has 0 radical (unpaired) electrons. The van der Waals surface area contributed by atoms with Gasteiger partial charge >= 0.3 is 0 Å². The molecule has 0 aromatic heterocycles. The fourth-order valence-electron chi connectivity index (χ4n) is 3.76. The quantitative estimate of drug-likeness (QED) is 0.283. The minimum atomic E-state index is -4.09. The summed E-state index contributed by atoms with van der Waals surface area (Å²) in [5, 5.41) is 2.93. The van der Waals surface area contributed by atoms with Gasteiger partial charge in [0.2, 0.25) is 11.8 Å². The van der Waals surface area contributed by atoms with Crippen molar-refractivity contribution in [2.24, 2.45) is 0 Å². The topological polar surface area (TPSA) is 86.8 Å². The monoisotopic (exact) mass is 663 g/mol. The van der Waals surface area contributed by atoms with Crippen molar-refractivity contribution in [1.29, 1.82) is 0 Å². The predicted octanol–water partition coefficient (Wildman–Crippen LogP) is 5.74. The van der Waals surface area contributed by atoms with Crippen molar-refractivity contribution >= 4 is 59.4 Å². The van der Waals surface area contributed by atoms with E-state index in [-0.39, 0.29) is 23.4 Å². The Morgan fingerprint density at radius 3 is 2.13 bits per heavy atom. The molecule has 0 bridgehead atoms. The average Bonchev–Trinajstić information content (AvgIpc) is 2.90. The third-order valence-electron chi connectivity index (χ3n) is 6.12. The van der Waals surface area contributed by atoms with Gasteiger partial charge in [0, 0.05) is 21.5 Å². The highest BCUT2D eigenvalue weighted by Gasteiger charge is 2.32. The molecule has 38 heavy (non-hydrogen) atoms. The molecule has 202 valence electrons. The number of benzene rings is 3. The molecule has 10 heteroatoms. The van der Waals surface area contributed by atoms with E-state index in [4.69, 9.17) is 0 Å². The molecule has 0 fully saturated rings. The van der Waals surface area contributed by atoms with Gasteiger partial charge in [-0.1, -0.05) is 75.2 Å². The molecular formula is C28H31Br2N3O4S. The van der Waals surface area contributed by atoms with E-state index in [1.54, 1.807) is 49.4 Å². The van der Waals surface area contributed by atoms with Crippen LogP contribution in [-0.4, -0.2) is 43.8 Å². The highest BCUT2D eigenvalue weighted by molar-refractivity contribution is 9.10. The van der Waals surface area contributed by atoms with Crippen LogP contribution in [0, 0.1) is 0 Å². The Labute approximate surface area is 241 Å². The first-order valence-corrected chi connectivity index (χ1v) is 15.2. The van der Waals surface area contributed by atoms with Crippen LogP contribution in [-0.2, 0) is 26.2 Å². The number of rotatable bonds is 11. The summed E-state index contributed by atoms with van der Waals surface area (Å²) < 4.78 is 30.1. The first kappa shape index (κ1) is 29.9. The van der Waals surface area contributed by atoms with E-state index in [1.165, 1.54) is 17.0 Å². The summed E-state index contributed by atoms with van der Waals surface area (Å²) >= 11 is 6.85. The number of sulfonamides is 1. The second-order valence-corrected chi connectivity index (χ2v) is 12.6. The Balaban J connectivity index is 2.02. The van der Waals surface area contributed by atoms with Crippen molar-refractivity contribution in [1.82, 2.24) is 10.2 Å². The minimum absolute atomic E-state index is 0.0638. The van der Waals surface area contributed by atoms with E-state index in [1.807, 2.05) is 38.1 Å². The second kappa shape index (κ2) is 13.4. The van der Waals surface area contributed by atoms with Gasteiger partial charge in [0.15, 0.2) is 0 Å². The number of amides is 2. The molecule has 0 saturated heterocycles. The number of carbonyl (C=O) groups is 2. The number of anilines is 1. The van der Waals surface area contributed by atoms with E-state index >= 15 is 0 Å². The van der Waals surface area contributed by atoms with Crippen molar-refractivity contribution < 1.29 is 18.0 Å². The lowest BCUT2D eigenvalue weighted by Gasteiger charge is -2.32. The van der Waals surface area contributed by atoms with Crippen LogP contribution < -0.4 is 9.62 Å². The molecule has 0 unspecified atom stereocenters. The lowest BCUT2D eigenvalue weighted by Crippen LogP contribution is -2.52. The van der Waals surface area contributed by atoms with Gasteiger partial charge < -0.3 is 10.2 Å². The van der Waals surface area contributed by atoms with Gasteiger partial charge in [-0.2, -0.15) is 0 Å². The normalized spacial score (nSPS) is 12.9. The number of hydrogen-bond acceptors (Lipinski definition) is 4. The Kier molecular flexibility index (Phi) is 10.5. The van der Waals surface area contributed by atoms with Gasteiger partial charge in [0.25, 0.3) is 10.0 Å². The molecule has 0 aliphatic carbocycles. The van der Waals surface area contributed by atoms with Crippen LogP contribution >= 0.6 is 31.9 Å². The van der Waals surface area contributed by atoms with Crippen LogP contribution in [0.15, 0.2) is 92.7 Å². The minimum Gasteiger partial charge on any atom is -0.352 e. The Morgan fingerprint density at radius 1 is 0.895 bits per heavy atom. The molecule has 0 spiro atoms. The van der Waals surface area contributed by atoms with E-state index in [2.05, 4.69) is 37.2 Å². The van der Waals surface area contributed by atoms with Gasteiger partial charge in [-0.05, 0) is 68.3 Å². The average molecular weight is 665 g/mol. The van der Waals surface area contributed by atoms with E-state index in [0.717, 1.165) is 20.8 Å². The molecule has 0 aliphatic rings. The van der Waals surface area contributed by atoms with Crippen LogP contribution in [0.25, 0.3) is 0 Å². The third-order valence-corrected chi connectivity index (χ3v) is 8.89. The van der Waals surface area contributed by atoms with Crippen LogP contribution in [0.5, 0.6) is 0 Å². The van der Waals surface area contributed by atoms with Gasteiger partial charge in [-0.15, -0.1) is 0 Å². The zero-order valence-corrected chi connectivity index (χ0v) is 25.5. The molecule has 0 saturated carbocycles. The lowest BCUT2D eigenvalue weighted by molar-refractivity contribution is -0.139. The summed E-state index contributed by atoms with van der Waals surface area (Å²) in [5.41, 5.74) is 1.13. The Hall–Kier alpha value is -2.69. The predicted molar refractivity (Wildman–Crippen MR) is 157 cm³/mol. The fourth-order valence-corrected chi connectivity index (χ4v) is 6.02. The molecule has 0 heterocycles. The second-order valence-electron chi connectivity index (χ2n) is 8.95. The number of hydrogen-bond donors (Lipinski definition) is 1. The van der Waals surface area contributed by atoms with Crippen molar-refractivity contribution in [3.05, 3.63) is 93.4 Å². The molecule has 7 nitrogen and oxygen atoms in total. The standard InChI is InChI=1S/C28H31Br2N3O4S/c1-4-20(2)31-28(35)21(3)32(18-22-10-8-11-23(29)16-22)27(34)19-33(25-13-9-12-24(30)17-25)38(36,37)26-14-6-5-7-15-26/h5-17,20-21H,4,18-19H2,1-3H3,(H,31,35)/t20-,21+/m1/s1.